The Balaban J connectivity index is 2.01. The average molecular weight is 355 g/mol. The molecule has 1 fully saturated rings. The summed E-state index contributed by atoms with van der Waals surface area (Å²) in [5.74, 6) is 0.00353. The normalized spacial score (nSPS) is 20.3. The summed E-state index contributed by atoms with van der Waals surface area (Å²) in [4.78, 5) is 19.9. The van der Waals surface area contributed by atoms with E-state index in [2.05, 4.69) is 31.9 Å². The Bertz CT molecular complexity index is 619. The molecule has 1 aromatic heterocycles. The summed E-state index contributed by atoms with van der Waals surface area (Å²) in [6.45, 7) is 3.01. The standard InChI is InChI=1S/C16H23F2N5O2/c1-3-9(2)21-14-12(13(19)24)8-20-16(23-14)22-10-4-6-11(7-5-10)25-15(17)18/h8,10-11,15H,2-7H2,1H3,(H2,19,24)(H2,20,21,22,23)/t10-,11-. The predicted octanol–water partition coefficient (Wildman–Crippen LogP) is 2.87. The van der Waals surface area contributed by atoms with E-state index in [9.17, 15) is 13.6 Å². The minimum absolute atomic E-state index is 0.0548. The number of hydrogen-bond acceptors (Lipinski definition) is 6. The second-order valence-corrected chi connectivity index (χ2v) is 5.92. The van der Waals surface area contributed by atoms with Crippen LogP contribution in [0.1, 0.15) is 49.4 Å². The van der Waals surface area contributed by atoms with Crippen LogP contribution in [-0.2, 0) is 4.74 Å². The summed E-state index contributed by atoms with van der Waals surface area (Å²) >= 11 is 0. The number of nitrogens with two attached hydrogens (primary N) is 1. The maximum absolute atomic E-state index is 12.2. The summed E-state index contributed by atoms with van der Waals surface area (Å²) in [7, 11) is 0. The van der Waals surface area contributed by atoms with Crippen molar-refractivity contribution in [1.29, 1.82) is 0 Å². The van der Waals surface area contributed by atoms with Crippen LogP contribution in [0.2, 0.25) is 0 Å². The van der Waals surface area contributed by atoms with E-state index in [0.29, 0.717) is 49.6 Å². The number of rotatable bonds is 8. The van der Waals surface area contributed by atoms with Crippen molar-refractivity contribution in [3.8, 4) is 0 Å². The number of allylic oxidation sites excluding steroid dienone is 1. The quantitative estimate of drug-likeness (QED) is 0.663. The van der Waals surface area contributed by atoms with Crippen molar-refractivity contribution in [2.24, 2.45) is 5.73 Å². The highest BCUT2D eigenvalue weighted by Gasteiger charge is 2.24. The van der Waals surface area contributed by atoms with Gasteiger partial charge in [-0.1, -0.05) is 13.5 Å². The fourth-order valence-electron chi connectivity index (χ4n) is 2.65. The smallest absolute Gasteiger partial charge is 0.345 e. The first-order chi connectivity index (χ1) is 11.9. The summed E-state index contributed by atoms with van der Waals surface area (Å²) < 4.78 is 29.0. The Hall–Kier alpha value is -2.29. The Morgan fingerprint density at radius 1 is 1.44 bits per heavy atom. The molecule has 0 aromatic carbocycles. The molecule has 138 valence electrons. The monoisotopic (exact) mass is 355 g/mol. The van der Waals surface area contributed by atoms with Crippen LogP contribution < -0.4 is 16.4 Å². The Labute approximate surface area is 145 Å². The van der Waals surface area contributed by atoms with Gasteiger partial charge < -0.3 is 21.1 Å². The molecular weight excluding hydrogens is 332 g/mol. The summed E-state index contributed by atoms with van der Waals surface area (Å²) in [5, 5.41) is 6.12. The van der Waals surface area contributed by atoms with Crippen molar-refractivity contribution in [1.82, 2.24) is 9.97 Å². The highest BCUT2D eigenvalue weighted by atomic mass is 19.3. The Morgan fingerprint density at radius 2 is 2.12 bits per heavy atom. The predicted molar refractivity (Wildman–Crippen MR) is 90.4 cm³/mol. The van der Waals surface area contributed by atoms with Gasteiger partial charge in [-0.2, -0.15) is 13.8 Å². The lowest BCUT2D eigenvalue weighted by atomic mass is 9.93. The minimum atomic E-state index is -2.74. The number of anilines is 2. The van der Waals surface area contributed by atoms with Crippen molar-refractivity contribution in [3.63, 3.8) is 0 Å². The largest absolute Gasteiger partial charge is 0.365 e. The first-order valence-electron chi connectivity index (χ1n) is 8.20. The number of carbonyl (C=O) groups is 1. The molecule has 1 aliphatic rings. The topological polar surface area (TPSA) is 102 Å². The lowest BCUT2D eigenvalue weighted by Crippen LogP contribution is -2.31. The number of nitrogens with one attached hydrogen (secondary N) is 2. The van der Waals surface area contributed by atoms with Crippen LogP contribution in [0, 0.1) is 0 Å². The van der Waals surface area contributed by atoms with Crippen molar-refractivity contribution >= 4 is 17.7 Å². The molecule has 25 heavy (non-hydrogen) atoms. The van der Waals surface area contributed by atoms with Gasteiger partial charge >= 0.3 is 6.61 Å². The van der Waals surface area contributed by atoms with Gasteiger partial charge in [-0.05, 0) is 32.1 Å². The van der Waals surface area contributed by atoms with E-state index in [0.717, 1.165) is 0 Å². The van der Waals surface area contributed by atoms with Crippen molar-refractivity contribution in [2.75, 3.05) is 10.6 Å². The van der Waals surface area contributed by atoms with Gasteiger partial charge in [0.25, 0.3) is 5.91 Å². The van der Waals surface area contributed by atoms with Gasteiger partial charge in [0.15, 0.2) is 0 Å². The molecule has 0 spiro atoms. The molecule has 1 aliphatic carbocycles. The number of primary amides is 1. The lowest BCUT2D eigenvalue weighted by molar-refractivity contribution is -0.169. The zero-order valence-electron chi connectivity index (χ0n) is 14.1. The highest BCUT2D eigenvalue weighted by Crippen LogP contribution is 2.25. The molecule has 0 aliphatic heterocycles. The molecule has 4 N–H and O–H groups in total. The molecule has 0 atom stereocenters. The molecule has 0 radical (unpaired) electrons. The average Bonchev–Trinajstić information content (AvgIpc) is 2.56. The third-order valence-electron chi connectivity index (χ3n) is 4.08. The number of ether oxygens (including phenoxy) is 1. The van der Waals surface area contributed by atoms with Crippen LogP contribution >= 0.6 is 0 Å². The molecule has 1 amide bonds. The second-order valence-electron chi connectivity index (χ2n) is 5.92. The van der Waals surface area contributed by atoms with Crippen molar-refractivity contribution in [2.45, 2.75) is 57.8 Å². The van der Waals surface area contributed by atoms with Gasteiger partial charge in [-0.15, -0.1) is 0 Å². The number of alkyl halides is 2. The molecule has 2 rings (SSSR count). The van der Waals surface area contributed by atoms with Crippen LogP contribution in [-0.4, -0.2) is 34.6 Å². The van der Waals surface area contributed by atoms with Crippen LogP contribution in [0.4, 0.5) is 20.5 Å². The fraction of sp³-hybridized carbons (Fsp3) is 0.562. The zero-order valence-corrected chi connectivity index (χ0v) is 14.1. The van der Waals surface area contributed by atoms with Gasteiger partial charge in [0.1, 0.15) is 11.4 Å². The zero-order chi connectivity index (χ0) is 18.4. The SMILES string of the molecule is C=C(CC)Nc1nc(N[C@H]2CC[C@H](OC(F)F)CC2)ncc1C(N)=O. The molecular formula is C16H23F2N5O2. The summed E-state index contributed by atoms with van der Waals surface area (Å²) in [5.41, 5.74) is 6.20. The Kier molecular flexibility index (Phi) is 6.63. The molecule has 1 aromatic rings. The third-order valence-corrected chi connectivity index (χ3v) is 4.08. The highest BCUT2D eigenvalue weighted by molar-refractivity contribution is 5.97. The molecule has 1 heterocycles. The first kappa shape index (κ1) is 19.0. The number of aromatic nitrogens is 2. The number of nitrogens with zero attached hydrogens (tertiary/aromatic N) is 2. The summed E-state index contributed by atoms with van der Waals surface area (Å²) in [6, 6.07) is 0.0548. The van der Waals surface area contributed by atoms with E-state index in [-0.39, 0.29) is 11.6 Å². The van der Waals surface area contributed by atoms with Crippen LogP contribution in [0.25, 0.3) is 0 Å². The van der Waals surface area contributed by atoms with Gasteiger partial charge in [-0.3, -0.25) is 4.79 Å². The maximum atomic E-state index is 12.2. The minimum Gasteiger partial charge on any atom is -0.365 e. The van der Waals surface area contributed by atoms with E-state index in [1.54, 1.807) is 0 Å². The molecule has 9 heteroatoms. The first-order valence-corrected chi connectivity index (χ1v) is 8.20. The van der Waals surface area contributed by atoms with Crippen molar-refractivity contribution < 1.29 is 18.3 Å². The number of halogens is 2. The number of hydrogen-bond donors (Lipinski definition) is 3. The van der Waals surface area contributed by atoms with E-state index in [1.807, 2.05) is 6.92 Å². The van der Waals surface area contributed by atoms with Gasteiger partial charge in [-0.25, -0.2) is 4.98 Å². The molecule has 0 saturated heterocycles. The number of amides is 1. The van der Waals surface area contributed by atoms with E-state index >= 15 is 0 Å². The summed E-state index contributed by atoms with van der Waals surface area (Å²) in [6.07, 6.45) is 4.03. The number of carbonyl (C=O) groups excluding carboxylic acids is 1. The molecule has 7 nitrogen and oxygen atoms in total. The molecule has 0 unspecified atom stereocenters. The van der Waals surface area contributed by atoms with Crippen LogP contribution in [0.5, 0.6) is 0 Å². The van der Waals surface area contributed by atoms with Gasteiger partial charge in [0.2, 0.25) is 5.95 Å². The third kappa shape index (κ3) is 5.63. The fourth-order valence-corrected chi connectivity index (χ4v) is 2.65. The molecule has 0 bridgehead atoms. The molecule has 1 saturated carbocycles. The van der Waals surface area contributed by atoms with E-state index < -0.39 is 18.6 Å². The Morgan fingerprint density at radius 3 is 2.68 bits per heavy atom. The maximum Gasteiger partial charge on any atom is 0.345 e. The van der Waals surface area contributed by atoms with Gasteiger partial charge in [0.05, 0.1) is 6.10 Å². The van der Waals surface area contributed by atoms with Crippen LogP contribution in [0.15, 0.2) is 18.5 Å². The van der Waals surface area contributed by atoms with Crippen LogP contribution in [0.3, 0.4) is 0 Å². The van der Waals surface area contributed by atoms with E-state index in [4.69, 9.17) is 5.73 Å². The lowest BCUT2D eigenvalue weighted by Gasteiger charge is -2.28. The van der Waals surface area contributed by atoms with E-state index in [1.165, 1.54) is 6.20 Å². The van der Waals surface area contributed by atoms with Crippen molar-refractivity contribution in [3.05, 3.63) is 24.0 Å². The second kappa shape index (κ2) is 8.70. The van der Waals surface area contributed by atoms with Gasteiger partial charge in [0, 0.05) is 17.9 Å².